The van der Waals surface area contributed by atoms with Crippen LogP contribution in [0, 0.1) is 11.8 Å². The quantitative estimate of drug-likeness (QED) is 0.416. The van der Waals surface area contributed by atoms with Gasteiger partial charge in [0.25, 0.3) is 0 Å². The van der Waals surface area contributed by atoms with Gasteiger partial charge in [-0.25, -0.2) is 0 Å². The van der Waals surface area contributed by atoms with Gasteiger partial charge in [-0.3, -0.25) is 4.79 Å². The number of nitrogens with one attached hydrogen (secondary N) is 1. The summed E-state index contributed by atoms with van der Waals surface area (Å²) in [6.07, 6.45) is 7.37. The predicted molar refractivity (Wildman–Crippen MR) is 129 cm³/mol. The summed E-state index contributed by atoms with van der Waals surface area (Å²) in [7, 11) is 0. The second-order valence-electron chi connectivity index (χ2n) is 10.3. The van der Waals surface area contributed by atoms with Gasteiger partial charge in [0.15, 0.2) is 11.5 Å². The van der Waals surface area contributed by atoms with Crippen LogP contribution in [-0.2, 0) is 0 Å². The summed E-state index contributed by atoms with van der Waals surface area (Å²) in [4.78, 5) is 16.2. The third-order valence-corrected chi connectivity index (χ3v) is 7.55. The Kier molecular flexibility index (Phi) is 4.74. The molecule has 32 heavy (non-hydrogen) atoms. The van der Waals surface area contributed by atoms with Crippen LogP contribution in [0.3, 0.4) is 0 Å². The monoisotopic (exact) mass is 429 g/mol. The molecule has 1 aromatic heterocycles. The van der Waals surface area contributed by atoms with Crippen LogP contribution >= 0.6 is 0 Å². The fourth-order valence-electron chi connectivity index (χ4n) is 6.22. The molecule has 2 aliphatic carbocycles. The molecule has 2 atom stereocenters. The summed E-state index contributed by atoms with van der Waals surface area (Å²) in [5.41, 5.74) is 5.18. The minimum Gasteiger partial charge on any atom is -0.382 e. The van der Waals surface area contributed by atoms with Crippen LogP contribution in [0.5, 0.6) is 0 Å². The second kappa shape index (κ2) is 7.65. The zero-order valence-electron chi connectivity index (χ0n) is 19.0. The van der Waals surface area contributed by atoms with Crippen molar-refractivity contribution in [2.75, 3.05) is 23.3 Å². The number of piperidine rings is 1. The van der Waals surface area contributed by atoms with E-state index in [2.05, 4.69) is 35.3 Å². The van der Waals surface area contributed by atoms with Crippen LogP contribution in [0.25, 0.3) is 22.2 Å². The molecule has 1 saturated carbocycles. The van der Waals surface area contributed by atoms with E-state index in [4.69, 9.17) is 4.52 Å². The van der Waals surface area contributed by atoms with Gasteiger partial charge in [0.05, 0.1) is 16.6 Å². The maximum absolute atomic E-state index is 13.7. The third kappa shape index (κ3) is 3.13. The molecule has 6 rings (SSSR count). The molecule has 1 N–H and O–H groups in total. The maximum atomic E-state index is 13.7. The van der Waals surface area contributed by atoms with Gasteiger partial charge in [-0.05, 0) is 37.2 Å². The average Bonchev–Trinajstić information content (AvgIpc) is 3.23. The highest BCUT2D eigenvalue weighted by atomic mass is 16.5. The van der Waals surface area contributed by atoms with Crippen molar-refractivity contribution in [3.63, 3.8) is 0 Å². The smallest absolute Gasteiger partial charge is 0.196 e. The molecule has 0 bridgehead atoms. The van der Waals surface area contributed by atoms with Crippen LogP contribution in [-0.4, -0.2) is 30.1 Å². The number of aromatic nitrogens is 1. The van der Waals surface area contributed by atoms with E-state index in [1.54, 1.807) is 0 Å². The third-order valence-electron chi connectivity index (χ3n) is 7.55. The molecule has 5 nitrogen and oxygen atoms in total. The summed E-state index contributed by atoms with van der Waals surface area (Å²) in [6.45, 7) is 6.67. The largest absolute Gasteiger partial charge is 0.382 e. The van der Waals surface area contributed by atoms with E-state index >= 15 is 0 Å². The van der Waals surface area contributed by atoms with Gasteiger partial charge in [0, 0.05) is 35.9 Å². The minimum atomic E-state index is 0.0755. The highest BCUT2D eigenvalue weighted by molar-refractivity contribution is 6.28. The van der Waals surface area contributed by atoms with Gasteiger partial charge in [-0.1, -0.05) is 62.5 Å². The lowest BCUT2D eigenvalue weighted by molar-refractivity contribution is 0.104. The number of nitrogens with zero attached hydrogens (tertiary/aromatic N) is 2. The first-order valence-corrected chi connectivity index (χ1v) is 12.2. The topological polar surface area (TPSA) is 58.4 Å². The van der Waals surface area contributed by atoms with Crippen molar-refractivity contribution in [3.8, 4) is 11.3 Å². The van der Waals surface area contributed by atoms with Gasteiger partial charge >= 0.3 is 0 Å². The molecule has 1 saturated heterocycles. The van der Waals surface area contributed by atoms with E-state index in [0.717, 1.165) is 65.1 Å². The van der Waals surface area contributed by atoms with Gasteiger partial charge in [0.1, 0.15) is 5.52 Å². The fraction of sp³-hybridized carbons (Fsp3) is 0.481. The molecule has 3 aromatic rings. The summed E-state index contributed by atoms with van der Waals surface area (Å²) >= 11 is 0. The second-order valence-corrected chi connectivity index (χ2v) is 10.3. The predicted octanol–water partition coefficient (Wildman–Crippen LogP) is 6.27. The number of carbonyl (C=O) groups is 1. The Bertz CT molecular complexity index is 1180. The molecule has 1 aliphatic heterocycles. The summed E-state index contributed by atoms with van der Waals surface area (Å²) in [5.74, 6) is 2.07. The molecule has 2 fully saturated rings. The number of ketones is 1. The zero-order valence-corrected chi connectivity index (χ0v) is 19.0. The molecule has 3 aliphatic rings. The first-order chi connectivity index (χ1) is 15.6. The number of carbonyl (C=O) groups excluding carboxylic acids is 1. The zero-order chi connectivity index (χ0) is 21.8. The Hall–Kier alpha value is -2.82. The molecule has 2 aromatic carbocycles. The number of benzene rings is 2. The summed E-state index contributed by atoms with van der Waals surface area (Å²) in [5, 5.41) is 9.21. The number of hydrogen-bond acceptors (Lipinski definition) is 5. The number of rotatable bonds is 3. The number of anilines is 2. The van der Waals surface area contributed by atoms with Crippen molar-refractivity contribution in [2.45, 2.75) is 58.4 Å². The standard InChI is InChI=1S/C27H31N3O2/c1-16-12-17(2)15-30(14-16)22-13-21(28-18-8-4-3-5-9-18)23-24-25(22)29-32-27(24)20-11-7-6-10-19(20)26(23)31/h6-7,10-11,13,16-18,28H,3-5,8-9,12,14-15H2,1-2H3/t16-,17+. The van der Waals surface area contributed by atoms with Crippen molar-refractivity contribution in [1.82, 2.24) is 5.16 Å². The van der Waals surface area contributed by atoms with Crippen molar-refractivity contribution < 1.29 is 9.32 Å². The Labute approximate surface area is 189 Å². The molecule has 0 radical (unpaired) electrons. The first-order valence-electron chi connectivity index (χ1n) is 12.2. The van der Waals surface area contributed by atoms with Crippen molar-refractivity contribution in [2.24, 2.45) is 11.8 Å². The van der Waals surface area contributed by atoms with Crippen LogP contribution in [0.1, 0.15) is 68.3 Å². The molecular weight excluding hydrogens is 398 g/mol. The van der Waals surface area contributed by atoms with E-state index < -0.39 is 0 Å². The van der Waals surface area contributed by atoms with Gasteiger partial charge < -0.3 is 14.7 Å². The van der Waals surface area contributed by atoms with Crippen molar-refractivity contribution in [3.05, 3.63) is 41.5 Å². The van der Waals surface area contributed by atoms with Crippen molar-refractivity contribution >= 4 is 28.1 Å². The highest BCUT2D eigenvalue weighted by Crippen LogP contribution is 2.46. The average molecular weight is 430 g/mol. The normalized spacial score (nSPS) is 23.4. The lowest BCUT2D eigenvalue weighted by Gasteiger charge is -2.37. The fourth-order valence-corrected chi connectivity index (χ4v) is 6.22. The number of fused-ring (bicyclic) bond motifs is 2. The molecule has 0 amide bonds. The minimum absolute atomic E-state index is 0.0755. The molecule has 0 unspecified atom stereocenters. The van der Waals surface area contributed by atoms with Crippen LogP contribution in [0.4, 0.5) is 11.4 Å². The van der Waals surface area contributed by atoms with E-state index in [9.17, 15) is 4.79 Å². The Morgan fingerprint density at radius 3 is 2.50 bits per heavy atom. The van der Waals surface area contributed by atoms with Crippen LogP contribution in [0.15, 0.2) is 34.9 Å². The van der Waals surface area contributed by atoms with Crippen LogP contribution < -0.4 is 10.2 Å². The summed E-state index contributed by atoms with van der Waals surface area (Å²) < 4.78 is 5.94. The first kappa shape index (κ1) is 19.8. The SMILES string of the molecule is C[C@@H]1C[C@H](C)CN(c2cc(NC3CCCCC3)c3c4c(onc24)-c2ccccc2C3=O)C1. The van der Waals surface area contributed by atoms with Gasteiger partial charge in [-0.2, -0.15) is 0 Å². The lowest BCUT2D eigenvalue weighted by atomic mass is 9.85. The molecular formula is C27H31N3O2. The van der Waals surface area contributed by atoms with Crippen molar-refractivity contribution in [1.29, 1.82) is 0 Å². The molecule has 5 heteroatoms. The van der Waals surface area contributed by atoms with Crippen LogP contribution in [0.2, 0.25) is 0 Å². The summed E-state index contributed by atoms with van der Waals surface area (Å²) in [6, 6.07) is 10.4. The molecule has 0 spiro atoms. The maximum Gasteiger partial charge on any atom is 0.196 e. The Morgan fingerprint density at radius 2 is 1.75 bits per heavy atom. The van der Waals surface area contributed by atoms with E-state index in [-0.39, 0.29) is 5.78 Å². The van der Waals surface area contributed by atoms with Gasteiger partial charge in [0.2, 0.25) is 0 Å². The Balaban J connectivity index is 1.56. The molecule has 2 heterocycles. The lowest BCUT2D eigenvalue weighted by Crippen LogP contribution is -2.39. The van der Waals surface area contributed by atoms with E-state index in [1.165, 1.54) is 25.7 Å². The Morgan fingerprint density at radius 1 is 1.03 bits per heavy atom. The van der Waals surface area contributed by atoms with E-state index in [1.807, 2.05) is 24.3 Å². The van der Waals surface area contributed by atoms with E-state index in [0.29, 0.717) is 23.4 Å². The molecule has 166 valence electrons. The van der Waals surface area contributed by atoms with Gasteiger partial charge in [-0.15, -0.1) is 0 Å². The highest BCUT2D eigenvalue weighted by Gasteiger charge is 2.35. The number of hydrogen-bond donors (Lipinski definition) is 1.